The molecule has 1 aromatic rings. The number of hydrogen-bond acceptors (Lipinski definition) is 3. The Morgan fingerprint density at radius 2 is 1.87 bits per heavy atom. The molecule has 1 N–H and O–H groups in total. The van der Waals surface area contributed by atoms with E-state index < -0.39 is 0 Å². The van der Waals surface area contributed by atoms with Gasteiger partial charge in [0.15, 0.2) is 0 Å². The van der Waals surface area contributed by atoms with Gasteiger partial charge in [-0.15, -0.1) is 0 Å². The number of carbonyl (C=O) groups excluding carboxylic acids is 1. The van der Waals surface area contributed by atoms with Crippen molar-refractivity contribution >= 4 is 5.97 Å². The van der Waals surface area contributed by atoms with Gasteiger partial charge in [0.05, 0.1) is 7.11 Å². The number of rotatable bonds is 5. The Morgan fingerprint density at radius 1 is 1.22 bits per heavy atom. The Kier molecular flexibility index (Phi) is 6.83. The number of benzene rings is 1. The largest absolute Gasteiger partial charge is 0.507 e. The van der Waals surface area contributed by atoms with Gasteiger partial charge < -0.3 is 9.84 Å². The highest BCUT2D eigenvalue weighted by molar-refractivity contribution is 5.83. The first-order chi connectivity index (χ1) is 10.8. The molecule has 0 amide bonds. The predicted octanol–water partition coefficient (Wildman–Crippen LogP) is 4.48. The summed E-state index contributed by atoms with van der Waals surface area (Å²) in [6.45, 7) is 9.84. The molecule has 0 saturated heterocycles. The van der Waals surface area contributed by atoms with Crippen molar-refractivity contribution in [3.05, 3.63) is 63.8 Å². The number of allylic oxidation sites excluding steroid dienone is 5. The third kappa shape index (κ3) is 5.44. The maximum atomic E-state index is 11.1. The van der Waals surface area contributed by atoms with Crippen molar-refractivity contribution in [3.63, 3.8) is 0 Å². The molecule has 0 saturated carbocycles. The van der Waals surface area contributed by atoms with Gasteiger partial charge in [0, 0.05) is 11.6 Å². The number of methoxy groups -OCH3 is 1. The van der Waals surface area contributed by atoms with E-state index in [0.717, 1.165) is 33.4 Å². The van der Waals surface area contributed by atoms with Crippen LogP contribution in [0.15, 0.2) is 41.5 Å². The van der Waals surface area contributed by atoms with Crippen LogP contribution in [-0.2, 0) is 16.0 Å². The van der Waals surface area contributed by atoms with Gasteiger partial charge in [-0.05, 0) is 63.3 Å². The highest BCUT2D eigenvalue weighted by atomic mass is 16.5. The molecule has 0 spiro atoms. The minimum Gasteiger partial charge on any atom is -0.507 e. The molecule has 3 nitrogen and oxygen atoms in total. The van der Waals surface area contributed by atoms with Crippen molar-refractivity contribution < 1.29 is 14.6 Å². The average Bonchev–Trinajstić information content (AvgIpc) is 2.49. The fraction of sp³-hybridized carbons (Fsp3) is 0.350. The third-order valence-corrected chi connectivity index (χ3v) is 3.88. The number of phenols is 1. The van der Waals surface area contributed by atoms with Crippen LogP contribution in [0.1, 0.15) is 36.1 Å². The monoisotopic (exact) mass is 314 g/mol. The second-order valence-electron chi connectivity index (χ2n) is 5.92. The van der Waals surface area contributed by atoms with Crippen molar-refractivity contribution in [2.75, 3.05) is 7.11 Å². The average molecular weight is 314 g/mol. The minimum absolute atomic E-state index is 0.358. The number of phenolic OH excluding ortho intramolecular Hbond substituents is 1. The van der Waals surface area contributed by atoms with E-state index in [0.29, 0.717) is 12.2 Å². The van der Waals surface area contributed by atoms with Crippen LogP contribution in [-0.4, -0.2) is 18.2 Å². The fourth-order valence-corrected chi connectivity index (χ4v) is 2.34. The molecular weight excluding hydrogens is 288 g/mol. The molecule has 0 aliphatic heterocycles. The van der Waals surface area contributed by atoms with Crippen molar-refractivity contribution in [2.24, 2.45) is 0 Å². The van der Waals surface area contributed by atoms with Crippen LogP contribution in [0.2, 0.25) is 0 Å². The lowest BCUT2D eigenvalue weighted by Crippen LogP contribution is -1.96. The number of aryl methyl sites for hydroxylation is 2. The number of ether oxygens (including phenoxy) is 1. The standard InChI is InChI=1S/C20H26O3/c1-13(8-7-9-14(2)11-19(21)23-6)10-18-16(4)12-15(3)17(5)20(18)22/h7-9,11-12,22H,10H2,1-6H3/b9-7+,13-8+,14-11+. The topological polar surface area (TPSA) is 46.5 Å². The van der Waals surface area contributed by atoms with E-state index in [2.05, 4.69) is 10.8 Å². The first-order valence-electron chi connectivity index (χ1n) is 7.65. The summed E-state index contributed by atoms with van der Waals surface area (Å²) >= 11 is 0. The van der Waals surface area contributed by atoms with Crippen molar-refractivity contribution in [1.29, 1.82) is 0 Å². The third-order valence-electron chi connectivity index (χ3n) is 3.88. The first kappa shape index (κ1) is 18.8. The molecule has 3 heteroatoms. The summed E-state index contributed by atoms with van der Waals surface area (Å²) < 4.78 is 4.58. The molecule has 23 heavy (non-hydrogen) atoms. The minimum atomic E-state index is -0.358. The van der Waals surface area contributed by atoms with Gasteiger partial charge in [0.2, 0.25) is 0 Å². The molecule has 1 rings (SSSR count). The Morgan fingerprint density at radius 3 is 2.48 bits per heavy atom. The molecule has 0 unspecified atom stereocenters. The molecule has 0 heterocycles. The van der Waals surface area contributed by atoms with Crippen LogP contribution in [0.4, 0.5) is 0 Å². The first-order valence-corrected chi connectivity index (χ1v) is 7.65. The summed E-state index contributed by atoms with van der Waals surface area (Å²) in [5.74, 6) is 0.0320. The Balaban J connectivity index is 2.89. The molecular formula is C20H26O3. The van der Waals surface area contributed by atoms with Gasteiger partial charge in [-0.1, -0.05) is 29.9 Å². The number of carbonyl (C=O) groups is 1. The summed E-state index contributed by atoms with van der Waals surface area (Å²) in [4.78, 5) is 11.1. The zero-order valence-electron chi connectivity index (χ0n) is 14.9. The second-order valence-corrected chi connectivity index (χ2v) is 5.92. The summed E-state index contributed by atoms with van der Waals surface area (Å²) in [7, 11) is 1.36. The second kappa shape index (κ2) is 8.37. The highest BCUT2D eigenvalue weighted by Gasteiger charge is 2.10. The van der Waals surface area contributed by atoms with Crippen LogP contribution in [0.25, 0.3) is 0 Å². The molecule has 1 aromatic carbocycles. The summed E-state index contributed by atoms with van der Waals surface area (Å²) in [6.07, 6.45) is 7.88. The van der Waals surface area contributed by atoms with Crippen LogP contribution in [0, 0.1) is 20.8 Å². The SMILES string of the molecule is COC(=O)/C=C(C)/C=C/C=C(\C)Cc1c(C)cc(C)c(C)c1O. The summed E-state index contributed by atoms with van der Waals surface area (Å²) in [5.41, 5.74) is 6.07. The van der Waals surface area contributed by atoms with Crippen molar-refractivity contribution in [1.82, 2.24) is 0 Å². The lowest BCUT2D eigenvalue weighted by atomic mass is 9.94. The van der Waals surface area contributed by atoms with E-state index >= 15 is 0 Å². The Labute approximate surface area is 139 Å². The molecule has 0 aromatic heterocycles. The number of hydrogen-bond donors (Lipinski definition) is 1. The molecule has 124 valence electrons. The number of aromatic hydroxyl groups is 1. The maximum Gasteiger partial charge on any atom is 0.330 e. The zero-order valence-corrected chi connectivity index (χ0v) is 14.9. The molecule has 0 bridgehead atoms. The van der Waals surface area contributed by atoms with Gasteiger partial charge in [-0.2, -0.15) is 0 Å². The van der Waals surface area contributed by atoms with E-state index in [4.69, 9.17) is 0 Å². The van der Waals surface area contributed by atoms with E-state index in [-0.39, 0.29) is 5.97 Å². The molecule has 0 atom stereocenters. The quantitative estimate of drug-likeness (QED) is 0.495. The van der Waals surface area contributed by atoms with Gasteiger partial charge >= 0.3 is 5.97 Å². The van der Waals surface area contributed by atoms with Crippen LogP contribution in [0.5, 0.6) is 5.75 Å². The van der Waals surface area contributed by atoms with E-state index in [1.165, 1.54) is 13.2 Å². The summed E-state index contributed by atoms with van der Waals surface area (Å²) in [6, 6.07) is 2.11. The van der Waals surface area contributed by atoms with Crippen molar-refractivity contribution in [2.45, 2.75) is 41.0 Å². The molecule has 0 aliphatic rings. The Hall–Kier alpha value is -2.29. The number of esters is 1. The molecule has 0 fully saturated rings. The van der Waals surface area contributed by atoms with Crippen LogP contribution in [0.3, 0.4) is 0 Å². The molecule has 0 aliphatic carbocycles. The summed E-state index contributed by atoms with van der Waals surface area (Å²) in [5, 5.41) is 10.3. The van der Waals surface area contributed by atoms with Gasteiger partial charge in [0.25, 0.3) is 0 Å². The van der Waals surface area contributed by atoms with Gasteiger partial charge in [-0.3, -0.25) is 0 Å². The maximum absolute atomic E-state index is 11.1. The van der Waals surface area contributed by atoms with Gasteiger partial charge in [0.1, 0.15) is 5.75 Å². The van der Waals surface area contributed by atoms with E-state index in [9.17, 15) is 9.90 Å². The lowest BCUT2D eigenvalue weighted by Gasteiger charge is -2.13. The van der Waals surface area contributed by atoms with Crippen molar-refractivity contribution in [3.8, 4) is 5.75 Å². The van der Waals surface area contributed by atoms with Crippen LogP contribution >= 0.6 is 0 Å². The Bertz CT molecular complexity index is 677. The van der Waals surface area contributed by atoms with Gasteiger partial charge in [-0.25, -0.2) is 4.79 Å². The lowest BCUT2D eigenvalue weighted by molar-refractivity contribution is -0.134. The fourth-order valence-electron chi connectivity index (χ4n) is 2.34. The zero-order chi connectivity index (χ0) is 17.6. The van der Waals surface area contributed by atoms with E-state index in [1.54, 1.807) is 0 Å². The predicted molar refractivity (Wildman–Crippen MR) is 94.7 cm³/mol. The highest BCUT2D eigenvalue weighted by Crippen LogP contribution is 2.30. The normalized spacial score (nSPS) is 12.8. The smallest absolute Gasteiger partial charge is 0.330 e. The van der Waals surface area contributed by atoms with Crippen LogP contribution < -0.4 is 0 Å². The van der Waals surface area contributed by atoms with E-state index in [1.807, 2.05) is 52.8 Å². The molecule has 0 radical (unpaired) electrons.